The number of nitrogens with zero attached hydrogens (tertiary/aromatic N) is 2. The maximum Gasteiger partial charge on any atom is 0.282 e. The molecule has 2 aliphatic rings. The van der Waals surface area contributed by atoms with E-state index in [2.05, 4.69) is 11.8 Å². The third-order valence-corrected chi connectivity index (χ3v) is 6.31. The molecular formula is C22H24N2O4S. The number of methoxy groups -OCH3 is 2. The predicted octanol–water partition coefficient (Wildman–Crippen LogP) is 3.78. The van der Waals surface area contributed by atoms with Gasteiger partial charge in [-0.3, -0.25) is 9.59 Å². The van der Waals surface area contributed by atoms with Crippen LogP contribution < -0.4 is 14.4 Å². The minimum absolute atomic E-state index is 0.278. The molecule has 29 heavy (non-hydrogen) atoms. The molecule has 1 unspecified atom stereocenters. The lowest BCUT2D eigenvalue weighted by Crippen LogP contribution is -2.39. The zero-order valence-electron chi connectivity index (χ0n) is 16.8. The molecule has 3 heterocycles. The molecule has 7 heteroatoms. The summed E-state index contributed by atoms with van der Waals surface area (Å²) < 4.78 is 10.7. The average molecular weight is 413 g/mol. The zero-order valence-corrected chi connectivity index (χ0v) is 17.6. The summed E-state index contributed by atoms with van der Waals surface area (Å²) in [6.45, 7) is 3.75. The fourth-order valence-corrected chi connectivity index (χ4v) is 4.81. The van der Waals surface area contributed by atoms with E-state index in [1.54, 1.807) is 25.3 Å². The summed E-state index contributed by atoms with van der Waals surface area (Å²) in [7, 11) is 3.08. The second-order valence-corrected chi connectivity index (χ2v) is 8.33. The number of benzene rings is 1. The largest absolute Gasteiger partial charge is 0.493 e. The standard InChI is InChI=1S/C22H24N2O4S/c1-14-6-4-10-23(13-14)20-19(18-7-5-11-29-18)21(25)24(22(20)26)15-8-9-16(27-2)17(12-15)28-3/h5,7-9,11-12,14H,4,6,10,13H2,1-3H3. The molecule has 0 radical (unpaired) electrons. The lowest BCUT2D eigenvalue weighted by atomic mass is 9.99. The molecule has 0 bridgehead atoms. The number of hydrogen-bond acceptors (Lipinski definition) is 6. The van der Waals surface area contributed by atoms with Gasteiger partial charge in [0.25, 0.3) is 11.8 Å². The summed E-state index contributed by atoms with van der Waals surface area (Å²) in [5.74, 6) is 0.937. The number of likely N-dealkylation sites (tertiary alicyclic amines) is 1. The quantitative estimate of drug-likeness (QED) is 0.700. The van der Waals surface area contributed by atoms with Crippen LogP contribution >= 0.6 is 11.3 Å². The van der Waals surface area contributed by atoms with Crippen molar-refractivity contribution < 1.29 is 19.1 Å². The van der Waals surface area contributed by atoms with Gasteiger partial charge in [-0.05, 0) is 42.3 Å². The number of thiophene rings is 1. The first-order chi connectivity index (χ1) is 14.0. The van der Waals surface area contributed by atoms with Crippen molar-refractivity contribution in [1.82, 2.24) is 4.90 Å². The Balaban J connectivity index is 1.79. The van der Waals surface area contributed by atoms with Gasteiger partial charge < -0.3 is 14.4 Å². The summed E-state index contributed by atoms with van der Waals surface area (Å²) in [6, 6.07) is 8.89. The SMILES string of the molecule is COc1ccc(N2C(=O)C(c3cccs3)=C(N3CCCC(C)C3)C2=O)cc1OC. The summed E-state index contributed by atoms with van der Waals surface area (Å²) in [5, 5.41) is 1.93. The summed E-state index contributed by atoms with van der Waals surface area (Å²) in [5.41, 5.74) is 1.49. The van der Waals surface area contributed by atoms with Crippen molar-refractivity contribution in [3.8, 4) is 11.5 Å². The van der Waals surface area contributed by atoms with Gasteiger partial charge in [-0.2, -0.15) is 0 Å². The Morgan fingerprint density at radius 1 is 1.07 bits per heavy atom. The predicted molar refractivity (Wildman–Crippen MR) is 113 cm³/mol. The van der Waals surface area contributed by atoms with Gasteiger partial charge in [0.05, 0.1) is 25.5 Å². The van der Waals surface area contributed by atoms with Gasteiger partial charge in [-0.15, -0.1) is 11.3 Å². The molecule has 2 aromatic rings. The number of anilines is 1. The number of piperidine rings is 1. The van der Waals surface area contributed by atoms with Crippen LogP contribution in [0.2, 0.25) is 0 Å². The molecule has 1 fully saturated rings. The first-order valence-corrected chi connectivity index (χ1v) is 10.6. The highest BCUT2D eigenvalue weighted by Crippen LogP contribution is 2.40. The van der Waals surface area contributed by atoms with E-state index in [0.29, 0.717) is 34.4 Å². The number of imide groups is 1. The van der Waals surface area contributed by atoms with Crippen molar-refractivity contribution in [3.05, 3.63) is 46.3 Å². The summed E-state index contributed by atoms with van der Waals surface area (Å²) in [4.78, 5) is 31.1. The molecule has 1 aromatic heterocycles. The van der Waals surface area contributed by atoms with E-state index in [1.165, 1.54) is 23.3 Å². The fraction of sp³-hybridized carbons (Fsp3) is 0.364. The lowest BCUT2D eigenvalue weighted by Gasteiger charge is -2.33. The Morgan fingerprint density at radius 2 is 1.86 bits per heavy atom. The summed E-state index contributed by atoms with van der Waals surface area (Å²) in [6.07, 6.45) is 2.15. The molecule has 152 valence electrons. The Bertz CT molecular complexity index is 967. The van der Waals surface area contributed by atoms with E-state index in [4.69, 9.17) is 9.47 Å². The van der Waals surface area contributed by atoms with Crippen LogP contribution in [0, 0.1) is 5.92 Å². The Morgan fingerprint density at radius 3 is 2.52 bits per heavy atom. The van der Waals surface area contributed by atoms with Crippen molar-refractivity contribution in [2.75, 3.05) is 32.2 Å². The fourth-order valence-electron chi connectivity index (χ4n) is 4.05. The van der Waals surface area contributed by atoms with E-state index in [1.807, 2.05) is 17.5 Å². The van der Waals surface area contributed by atoms with Crippen LogP contribution in [-0.4, -0.2) is 44.0 Å². The van der Waals surface area contributed by atoms with E-state index in [9.17, 15) is 9.59 Å². The highest BCUT2D eigenvalue weighted by molar-refractivity contribution is 7.11. The molecule has 2 aliphatic heterocycles. The Labute approximate surface area is 174 Å². The van der Waals surface area contributed by atoms with Crippen molar-refractivity contribution >= 4 is 34.4 Å². The van der Waals surface area contributed by atoms with Crippen LogP contribution in [0.25, 0.3) is 5.57 Å². The van der Waals surface area contributed by atoms with Gasteiger partial charge in [-0.1, -0.05) is 13.0 Å². The van der Waals surface area contributed by atoms with Crippen LogP contribution in [0.3, 0.4) is 0 Å². The number of carbonyl (C=O) groups is 2. The van der Waals surface area contributed by atoms with E-state index in [-0.39, 0.29) is 11.8 Å². The third kappa shape index (κ3) is 3.40. The van der Waals surface area contributed by atoms with Crippen LogP contribution in [0.5, 0.6) is 11.5 Å². The second kappa shape index (κ2) is 7.91. The van der Waals surface area contributed by atoms with Gasteiger partial charge in [0.15, 0.2) is 11.5 Å². The van der Waals surface area contributed by atoms with Gasteiger partial charge in [0.1, 0.15) is 5.70 Å². The highest BCUT2D eigenvalue weighted by atomic mass is 32.1. The molecule has 0 N–H and O–H groups in total. The molecule has 4 rings (SSSR count). The van der Waals surface area contributed by atoms with Gasteiger partial charge >= 0.3 is 0 Å². The van der Waals surface area contributed by atoms with Crippen molar-refractivity contribution in [3.63, 3.8) is 0 Å². The molecular weight excluding hydrogens is 388 g/mol. The molecule has 1 saturated heterocycles. The number of carbonyl (C=O) groups excluding carboxylic acids is 2. The summed E-state index contributed by atoms with van der Waals surface area (Å²) >= 11 is 1.48. The van der Waals surface area contributed by atoms with Crippen molar-refractivity contribution in [1.29, 1.82) is 0 Å². The maximum atomic E-state index is 13.5. The van der Waals surface area contributed by atoms with Crippen LogP contribution in [0.15, 0.2) is 41.4 Å². The van der Waals surface area contributed by atoms with Gasteiger partial charge in [-0.25, -0.2) is 4.90 Å². The van der Waals surface area contributed by atoms with E-state index < -0.39 is 0 Å². The van der Waals surface area contributed by atoms with Crippen LogP contribution in [0.1, 0.15) is 24.6 Å². The number of amides is 2. The first-order valence-electron chi connectivity index (χ1n) is 9.69. The minimum Gasteiger partial charge on any atom is -0.493 e. The number of ether oxygens (including phenoxy) is 2. The zero-order chi connectivity index (χ0) is 20.5. The lowest BCUT2D eigenvalue weighted by molar-refractivity contribution is -0.120. The smallest absolute Gasteiger partial charge is 0.282 e. The van der Waals surface area contributed by atoms with Crippen LogP contribution in [-0.2, 0) is 9.59 Å². The highest BCUT2D eigenvalue weighted by Gasteiger charge is 2.43. The number of rotatable bonds is 5. The molecule has 6 nitrogen and oxygen atoms in total. The van der Waals surface area contributed by atoms with E-state index in [0.717, 1.165) is 30.8 Å². The van der Waals surface area contributed by atoms with Gasteiger partial charge in [0.2, 0.25) is 0 Å². The van der Waals surface area contributed by atoms with Crippen molar-refractivity contribution in [2.24, 2.45) is 5.92 Å². The maximum absolute atomic E-state index is 13.5. The molecule has 2 amide bonds. The normalized spacial score (nSPS) is 19.9. The monoisotopic (exact) mass is 412 g/mol. The number of hydrogen-bond donors (Lipinski definition) is 0. The van der Waals surface area contributed by atoms with E-state index >= 15 is 0 Å². The minimum atomic E-state index is -0.294. The van der Waals surface area contributed by atoms with Crippen molar-refractivity contribution in [2.45, 2.75) is 19.8 Å². The Kier molecular flexibility index (Phi) is 5.32. The molecule has 1 aromatic carbocycles. The Hall–Kier alpha value is -2.80. The molecule has 0 spiro atoms. The van der Waals surface area contributed by atoms with Gasteiger partial charge in [0, 0.05) is 24.0 Å². The molecule has 0 aliphatic carbocycles. The topological polar surface area (TPSA) is 59.1 Å². The second-order valence-electron chi connectivity index (χ2n) is 7.38. The third-order valence-electron chi connectivity index (χ3n) is 5.43. The average Bonchev–Trinajstić information content (AvgIpc) is 3.33. The molecule has 1 atom stereocenters. The van der Waals surface area contributed by atoms with Crippen LogP contribution in [0.4, 0.5) is 5.69 Å². The molecule has 0 saturated carbocycles. The first kappa shape index (κ1) is 19.5.